The standard InChI is InChI=1S/C10H13N5/c1-14(2)10-4-3-8(5-9(10)11)15-6-12-13-7-15/h3-7H,11H2,1-2H3. The Morgan fingerprint density at radius 1 is 1.20 bits per heavy atom. The lowest BCUT2D eigenvalue weighted by Crippen LogP contribution is -2.11. The van der Waals surface area contributed by atoms with E-state index in [2.05, 4.69) is 10.2 Å². The summed E-state index contributed by atoms with van der Waals surface area (Å²) in [4.78, 5) is 1.98. The van der Waals surface area contributed by atoms with E-state index in [0.29, 0.717) is 0 Å². The minimum atomic E-state index is 0.742. The van der Waals surface area contributed by atoms with Crippen molar-refractivity contribution in [3.05, 3.63) is 30.9 Å². The number of hydrogen-bond acceptors (Lipinski definition) is 4. The fraction of sp³-hybridized carbons (Fsp3) is 0.200. The number of nitrogens with two attached hydrogens (primary N) is 1. The summed E-state index contributed by atoms with van der Waals surface area (Å²) in [5, 5.41) is 7.49. The first-order valence-electron chi connectivity index (χ1n) is 4.60. The van der Waals surface area contributed by atoms with Crippen molar-refractivity contribution < 1.29 is 0 Å². The van der Waals surface area contributed by atoms with Crippen molar-refractivity contribution in [2.45, 2.75) is 0 Å². The zero-order chi connectivity index (χ0) is 10.8. The monoisotopic (exact) mass is 203 g/mol. The van der Waals surface area contributed by atoms with E-state index in [1.165, 1.54) is 0 Å². The molecule has 0 saturated carbocycles. The third kappa shape index (κ3) is 1.76. The molecule has 0 saturated heterocycles. The van der Waals surface area contributed by atoms with Crippen LogP contribution in [-0.4, -0.2) is 28.9 Å². The molecule has 0 atom stereocenters. The van der Waals surface area contributed by atoms with Gasteiger partial charge < -0.3 is 10.6 Å². The minimum Gasteiger partial charge on any atom is -0.397 e. The van der Waals surface area contributed by atoms with Crippen LogP contribution in [0, 0.1) is 0 Å². The Bertz CT molecular complexity index is 447. The lowest BCUT2D eigenvalue weighted by Gasteiger charge is -2.15. The lowest BCUT2D eigenvalue weighted by atomic mass is 10.2. The van der Waals surface area contributed by atoms with E-state index in [1.54, 1.807) is 12.7 Å². The summed E-state index contributed by atoms with van der Waals surface area (Å²) in [6, 6.07) is 5.86. The predicted octanol–water partition coefficient (Wildman–Crippen LogP) is 0.915. The highest BCUT2D eigenvalue weighted by atomic mass is 15.2. The SMILES string of the molecule is CN(C)c1ccc(-n2cnnc2)cc1N. The molecule has 1 heterocycles. The molecule has 5 heteroatoms. The molecule has 0 bridgehead atoms. The zero-order valence-electron chi connectivity index (χ0n) is 8.75. The molecular weight excluding hydrogens is 190 g/mol. The van der Waals surface area contributed by atoms with Crippen LogP contribution in [0.25, 0.3) is 5.69 Å². The van der Waals surface area contributed by atoms with Crippen LogP contribution in [0.3, 0.4) is 0 Å². The molecule has 0 amide bonds. The number of nitrogens with zero attached hydrogens (tertiary/aromatic N) is 4. The van der Waals surface area contributed by atoms with Gasteiger partial charge in [-0.1, -0.05) is 0 Å². The van der Waals surface area contributed by atoms with Crippen molar-refractivity contribution in [3.8, 4) is 5.69 Å². The van der Waals surface area contributed by atoms with E-state index < -0.39 is 0 Å². The van der Waals surface area contributed by atoms with Crippen LogP contribution >= 0.6 is 0 Å². The van der Waals surface area contributed by atoms with Gasteiger partial charge in [0.15, 0.2) is 0 Å². The second-order valence-electron chi connectivity index (χ2n) is 3.51. The molecule has 0 spiro atoms. The van der Waals surface area contributed by atoms with Gasteiger partial charge in [-0.25, -0.2) is 0 Å². The van der Waals surface area contributed by atoms with Crippen molar-refractivity contribution in [2.75, 3.05) is 24.7 Å². The van der Waals surface area contributed by atoms with Crippen molar-refractivity contribution in [3.63, 3.8) is 0 Å². The molecule has 0 aliphatic heterocycles. The van der Waals surface area contributed by atoms with E-state index in [1.807, 2.05) is 41.8 Å². The maximum absolute atomic E-state index is 5.93. The van der Waals surface area contributed by atoms with Crippen molar-refractivity contribution in [2.24, 2.45) is 0 Å². The first-order chi connectivity index (χ1) is 7.18. The highest BCUT2D eigenvalue weighted by molar-refractivity contribution is 5.69. The topological polar surface area (TPSA) is 60.0 Å². The van der Waals surface area contributed by atoms with Gasteiger partial charge in [0.05, 0.1) is 17.1 Å². The molecule has 1 aromatic carbocycles. The number of aromatic nitrogens is 3. The first kappa shape index (κ1) is 9.51. The molecule has 2 N–H and O–H groups in total. The van der Waals surface area contributed by atoms with Gasteiger partial charge in [0.25, 0.3) is 0 Å². The summed E-state index contributed by atoms with van der Waals surface area (Å²) in [5.74, 6) is 0. The van der Waals surface area contributed by atoms with Gasteiger partial charge >= 0.3 is 0 Å². The van der Waals surface area contributed by atoms with Crippen molar-refractivity contribution in [1.82, 2.24) is 14.8 Å². The summed E-state index contributed by atoms with van der Waals surface area (Å²) in [6.45, 7) is 0. The van der Waals surface area contributed by atoms with Crippen LogP contribution in [0.4, 0.5) is 11.4 Å². The molecule has 5 nitrogen and oxygen atoms in total. The highest BCUT2D eigenvalue weighted by Crippen LogP contribution is 2.23. The molecule has 0 unspecified atom stereocenters. The van der Waals surface area contributed by atoms with Crippen LogP contribution in [0.5, 0.6) is 0 Å². The fourth-order valence-corrected chi connectivity index (χ4v) is 1.44. The second kappa shape index (κ2) is 3.61. The Balaban J connectivity index is 2.42. The predicted molar refractivity (Wildman–Crippen MR) is 60.1 cm³/mol. The largest absolute Gasteiger partial charge is 0.397 e. The van der Waals surface area contributed by atoms with Crippen molar-refractivity contribution in [1.29, 1.82) is 0 Å². The minimum absolute atomic E-state index is 0.742. The summed E-state index contributed by atoms with van der Waals surface area (Å²) in [5.41, 5.74) is 8.64. The van der Waals surface area contributed by atoms with E-state index in [4.69, 9.17) is 5.73 Å². The third-order valence-corrected chi connectivity index (χ3v) is 2.21. The molecule has 1 aromatic heterocycles. The summed E-state index contributed by atoms with van der Waals surface area (Å²) < 4.78 is 1.82. The number of benzene rings is 1. The molecule has 0 radical (unpaired) electrons. The summed E-state index contributed by atoms with van der Waals surface area (Å²) >= 11 is 0. The first-order valence-corrected chi connectivity index (χ1v) is 4.60. The molecule has 78 valence electrons. The molecule has 2 rings (SSSR count). The van der Waals surface area contributed by atoms with Gasteiger partial charge in [-0.3, -0.25) is 4.57 Å². The van der Waals surface area contributed by atoms with Gasteiger partial charge in [0, 0.05) is 14.1 Å². The fourth-order valence-electron chi connectivity index (χ4n) is 1.44. The lowest BCUT2D eigenvalue weighted by molar-refractivity contribution is 1.05. The van der Waals surface area contributed by atoms with Gasteiger partial charge in [-0.15, -0.1) is 10.2 Å². The Kier molecular flexibility index (Phi) is 2.29. The van der Waals surface area contributed by atoms with Gasteiger partial charge in [-0.05, 0) is 18.2 Å². The van der Waals surface area contributed by atoms with Crippen molar-refractivity contribution >= 4 is 11.4 Å². The number of anilines is 2. The quantitative estimate of drug-likeness (QED) is 0.737. The van der Waals surface area contributed by atoms with E-state index in [9.17, 15) is 0 Å². The number of nitrogen functional groups attached to an aromatic ring is 1. The maximum atomic E-state index is 5.93. The molecular formula is C10H13N5. The molecule has 15 heavy (non-hydrogen) atoms. The Hall–Kier alpha value is -2.04. The molecule has 2 aromatic rings. The molecule has 0 aliphatic rings. The van der Waals surface area contributed by atoms with Crippen LogP contribution in [0.2, 0.25) is 0 Å². The normalized spacial score (nSPS) is 10.3. The van der Waals surface area contributed by atoms with Crippen LogP contribution < -0.4 is 10.6 Å². The molecule has 0 aliphatic carbocycles. The second-order valence-corrected chi connectivity index (χ2v) is 3.51. The smallest absolute Gasteiger partial charge is 0.123 e. The van der Waals surface area contributed by atoms with E-state index >= 15 is 0 Å². The van der Waals surface area contributed by atoms with Gasteiger partial charge in [0.2, 0.25) is 0 Å². The Morgan fingerprint density at radius 3 is 2.40 bits per heavy atom. The third-order valence-electron chi connectivity index (χ3n) is 2.21. The van der Waals surface area contributed by atoms with Gasteiger partial charge in [-0.2, -0.15) is 0 Å². The highest BCUT2D eigenvalue weighted by Gasteiger charge is 2.03. The van der Waals surface area contributed by atoms with Gasteiger partial charge in [0.1, 0.15) is 12.7 Å². The maximum Gasteiger partial charge on any atom is 0.123 e. The number of rotatable bonds is 2. The zero-order valence-corrected chi connectivity index (χ0v) is 8.75. The van der Waals surface area contributed by atoms with Crippen LogP contribution in [0.15, 0.2) is 30.9 Å². The Morgan fingerprint density at radius 2 is 1.87 bits per heavy atom. The summed E-state index contributed by atoms with van der Waals surface area (Å²) in [7, 11) is 3.92. The average Bonchev–Trinajstić information content (AvgIpc) is 2.69. The van der Waals surface area contributed by atoms with Crippen LogP contribution in [0.1, 0.15) is 0 Å². The Labute approximate surface area is 88.1 Å². The number of hydrogen-bond donors (Lipinski definition) is 1. The average molecular weight is 203 g/mol. The van der Waals surface area contributed by atoms with E-state index in [-0.39, 0.29) is 0 Å². The van der Waals surface area contributed by atoms with E-state index in [0.717, 1.165) is 17.1 Å². The van der Waals surface area contributed by atoms with Crippen LogP contribution in [-0.2, 0) is 0 Å². The summed E-state index contributed by atoms with van der Waals surface area (Å²) in [6.07, 6.45) is 3.29. The molecule has 0 fully saturated rings.